The van der Waals surface area contributed by atoms with Gasteiger partial charge in [0.05, 0.1) is 18.7 Å². The molecule has 2 aliphatic heterocycles. The summed E-state index contributed by atoms with van der Waals surface area (Å²) in [7, 11) is 0. The van der Waals surface area contributed by atoms with Gasteiger partial charge in [0.25, 0.3) is 0 Å². The molecule has 90 valence electrons. The summed E-state index contributed by atoms with van der Waals surface area (Å²) in [6, 6.07) is -0.396. The predicted molar refractivity (Wildman–Crippen MR) is 59.4 cm³/mol. The number of hydrogen-bond donors (Lipinski definition) is 2. The molecule has 3 heterocycles. The van der Waals surface area contributed by atoms with Crippen molar-refractivity contribution < 1.29 is 9.21 Å². The molecule has 17 heavy (non-hydrogen) atoms. The normalized spacial score (nSPS) is 21.5. The van der Waals surface area contributed by atoms with Crippen molar-refractivity contribution in [2.45, 2.75) is 18.9 Å². The maximum atomic E-state index is 11.8. The van der Waals surface area contributed by atoms with Crippen LogP contribution >= 0.6 is 0 Å². The first-order chi connectivity index (χ1) is 8.27. The van der Waals surface area contributed by atoms with E-state index < -0.39 is 6.04 Å². The molecule has 6 heteroatoms. The smallest absolute Gasteiger partial charge is 0.232 e. The van der Waals surface area contributed by atoms with E-state index in [1.165, 1.54) is 6.39 Å². The quantitative estimate of drug-likeness (QED) is 0.758. The van der Waals surface area contributed by atoms with Crippen LogP contribution in [-0.4, -0.2) is 28.9 Å². The molecule has 3 rings (SSSR count). The Balaban J connectivity index is 1.94. The van der Waals surface area contributed by atoms with E-state index >= 15 is 0 Å². The lowest BCUT2D eigenvalue weighted by molar-refractivity contribution is -0.127. The van der Waals surface area contributed by atoms with Crippen LogP contribution in [0.3, 0.4) is 0 Å². The van der Waals surface area contributed by atoms with Crippen molar-refractivity contribution in [3.05, 3.63) is 29.7 Å². The zero-order valence-corrected chi connectivity index (χ0v) is 9.35. The highest BCUT2D eigenvalue weighted by atomic mass is 16.3. The van der Waals surface area contributed by atoms with E-state index in [9.17, 15) is 4.79 Å². The predicted octanol–water partition coefficient (Wildman–Crippen LogP) is 0.112. The lowest BCUT2D eigenvalue weighted by Crippen LogP contribution is -2.39. The van der Waals surface area contributed by atoms with Crippen LogP contribution in [0, 0.1) is 0 Å². The Morgan fingerprint density at radius 3 is 3.24 bits per heavy atom. The second kappa shape index (κ2) is 3.89. The van der Waals surface area contributed by atoms with Gasteiger partial charge in [-0.1, -0.05) is 0 Å². The lowest BCUT2D eigenvalue weighted by atomic mass is 10.0. The van der Waals surface area contributed by atoms with Crippen molar-refractivity contribution in [3.8, 4) is 0 Å². The van der Waals surface area contributed by atoms with Crippen molar-refractivity contribution in [2.75, 3.05) is 13.1 Å². The molecule has 1 fully saturated rings. The number of carbonyl (C=O) groups is 1. The summed E-state index contributed by atoms with van der Waals surface area (Å²) < 4.78 is 5.19. The summed E-state index contributed by atoms with van der Waals surface area (Å²) in [5, 5.41) is 3.25. The monoisotopic (exact) mass is 234 g/mol. The molecule has 1 amide bonds. The molecule has 3 N–H and O–H groups in total. The number of carbonyl (C=O) groups excluding carboxylic acids is 1. The SMILES string of the molecule is NC(C1=C2NCCCN2C(=O)C1)c1cnco1. The number of nitrogens with zero attached hydrogens (tertiary/aromatic N) is 2. The van der Waals surface area contributed by atoms with Crippen LogP contribution in [0.1, 0.15) is 24.6 Å². The Kier molecular flexibility index (Phi) is 2.36. The second-order valence-electron chi connectivity index (χ2n) is 4.26. The van der Waals surface area contributed by atoms with Gasteiger partial charge < -0.3 is 15.5 Å². The van der Waals surface area contributed by atoms with Gasteiger partial charge in [0, 0.05) is 18.7 Å². The van der Waals surface area contributed by atoms with Gasteiger partial charge in [0.15, 0.2) is 6.39 Å². The third-order valence-corrected chi connectivity index (χ3v) is 3.20. The Morgan fingerprint density at radius 2 is 2.47 bits per heavy atom. The molecule has 1 aromatic rings. The summed E-state index contributed by atoms with van der Waals surface area (Å²) >= 11 is 0. The van der Waals surface area contributed by atoms with Crippen LogP contribution in [0.25, 0.3) is 0 Å². The van der Waals surface area contributed by atoms with E-state index in [0.717, 1.165) is 30.9 Å². The molecule has 0 radical (unpaired) electrons. The molecule has 0 bridgehead atoms. The average Bonchev–Trinajstić information content (AvgIpc) is 2.97. The van der Waals surface area contributed by atoms with E-state index in [0.29, 0.717) is 12.2 Å². The third kappa shape index (κ3) is 1.61. The van der Waals surface area contributed by atoms with Crippen LogP contribution in [0.5, 0.6) is 0 Å². The van der Waals surface area contributed by atoms with Crippen molar-refractivity contribution >= 4 is 5.91 Å². The van der Waals surface area contributed by atoms with E-state index in [4.69, 9.17) is 10.2 Å². The molecular weight excluding hydrogens is 220 g/mol. The minimum Gasteiger partial charge on any atom is -0.446 e. The van der Waals surface area contributed by atoms with Gasteiger partial charge in [-0.2, -0.15) is 0 Å². The minimum absolute atomic E-state index is 0.108. The molecule has 1 saturated heterocycles. The van der Waals surface area contributed by atoms with Gasteiger partial charge in [0.2, 0.25) is 5.91 Å². The maximum absolute atomic E-state index is 11.8. The molecule has 0 saturated carbocycles. The van der Waals surface area contributed by atoms with Crippen LogP contribution in [0.2, 0.25) is 0 Å². The molecule has 0 aromatic carbocycles. The van der Waals surface area contributed by atoms with Crippen LogP contribution in [0.15, 0.2) is 28.4 Å². The molecule has 6 nitrogen and oxygen atoms in total. The van der Waals surface area contributed by atoms with Gasteiger partial charge in [-0.15, -0.1) is 0 Å². The molecule has 0 spiro atoms. The highest BCUT2D eigenvalue weighted by molar-refractivity contribution is 5.84. The highest BCUT2D eigenvalue weighted by Gasteiger charge is 2.35. The fraction of sp³-hybridized carbons (Fsp3) is 0.455. The first-order valence-electron chi connectivity index (χ1n) is 5.68. The standard InChI is InChI=1S/C11H14N4O2/c12-10(8-5-13-6-17-8)7-4-9(16)15-3-1-2-14-11(7)15/h5-6,10,14H,1-4,12H2. The second-order valence-corrected chi connectivity index (χ2v) is 4.26. The highest BCUT2D eigenvalue weighted by Crippen LogP contribution is 2.32. The average molecular weight is 234 g/mol. The summed E-state index contributed by atoms with van der Waals surface area (Å²) in [5.74, 6) is 1.57. The number of nitrogens with one attached hydrogen (secondary N) is 1. The summed E-state index contributed by atoms with van der Waals surface area (Å²) in [5.41, 5.74) is 7.00. The lowest BCUT2D eigenvalue weighted by Gasteiger charge is -2.27. The molecule has 1 atom stereocenters. The largest absolute Gasteiger partial charge is 0.446 e. The van der Waals surface area contributed by atoms with Crippen LogP contribution < -0.4 is 11.1 Å². The van der Waals surface area contributed by atoms with Gasteiger partial charge in [-0.3, -0.25) is 9.69 Å². The Hall–Kier alpha value is -1.82. The topological polar surface area (TPSA) is 84.4 Å². The number of rotatable bonds is 2. The number of nitrogens with two attached hydrogens (primary N) is 1. The zero-order valence-electron chi connectivity index (χ0n) is 9.35. The minimum atomic E-state index is -0.396. The Labute approximate surface area is 98.5 Å². The first-order valence-corrected chi connectivity index (χ1v) is 5.68. The molecule has 1 aromatic heterocycles. The van der Waals surface area contributed by atoms with Crippen molar-refractivity contribution in [1.82, 2.24) is 15.2 Å². The van der Waals surface area contributed by atoms with E-state index in [1.807, 2.05) is 0 Å². The summed E-state index contributed by atoms with van der Waals surface area (Å²) in [4.78, 5) is 17.5. The maximum Gasteiger partial charge on any atom is 0.232 e. The zero-order chi connectivity index (χ0) is 11.8. The van der Waals surface area contributed by atoms with Gasteiger partial charge in [-0.25, -0.2) is 4.98 Å². The van der Waals surface area contributed by atoms with Gasteiger partial charge >= 0.3 is 0 Å². The summed E-state index contributed by atoms with van der Waals surface area (Å²) in [6.45, 7) is 1.65. The van der Waals surface area contributed by atoms with Crippen LogP contribution in [-0.2, 0) is 4.79 Å². The number of amides is 1. The number of oxazole rings is 1. The number of fused-ring (bicyclic) bond motifs is 1. The van der Waals surface area contributed by atoms with E-state index in [1.54, 1.807) is 11.1 Å². The Morgan fingerprint density at radius 1 is 1.59 bits per heavy atom. The first kappa shape index (κ1) is 10.3. The van der Waals surface area contributed by atoms with E-state index in [-0.39, 0.29) is 5.91 Å². The number of hydrogen-bond acceptors (Lipinski definition) is 5. The van der Waals surface area contributed by atoms with E-state index in [2.05, 4.69) is 10.3 Å². The van der Waals surface area contributed by atoms with Crippen molar-refractivity contribution in [2.24, 2.45) is 5.73 Å². The number of aromatic nitrogens is 1. The molecule has 2 aliphatic rings. The molecule has 0 aliphatic carbocycles. The van der Waals surface area contributed by atoms with Crippen LogP contribution in [0.4, 0.5) is 0 Å². The fourth-order valence-corrected chi connectivity index (χ4v) is 2.34. The van der Waals surface area contributed by atoms with Gasteiger partial charge in [0.1, 0.15) is 11.6 Å². The Bertz CT molecular complexity index is 466. The third-order valence-electron chi connectivity index (χ3n) is 3.20. The van der Waals surface area contributed by atoms with Crippen molar-refractivity contribution in [3.63, 3.8) is 0 Å². The molecule has 1 unspecified atom stereocenters. The van der Waals surface area contributed by atoms with Crippen molar-refractivity contribution in [1.29, 1.82) is 0 Å². The molecular formula is C11H14N4O2. The summed E-state index contributed by atoms with van der Waals surface area (Å²) in [6.07, 6.45) is 4.28. The fourth-order valence-electron chi connectivity index (χ4n) is 2.34. The van der Waals surface area contributed by atoms with Gasteiger partial charge in [-0.05, 0) is 6.42 Å².